The van der Waals surface area contributed by atoms with E-state index in [1.807, 2.05) is 19.2 Å². The first-order valence-electron chi connectivity index (χ1n) is 7.83. The summed E-state index contributed by atoms with van der Waals surface area (Å²) in [5, 5.41) is 5.77. The van der Waals surface area contributed by atoms with Crippen LogP contribution >= 0.6 is 11.3 Å². The van der Waals surface area contributed by atoms with Crippen molar-refractivity contribution in [1.82, 2.24) is 25.2 Å². The van der Waals surface area contributed by atoms with E-state index in [9.17, 15) is 9.59 Å². The fourth-order valence-electron chi connectivity index (χ4n) is 2.72. The predicted molar refractivity (Wildman–Crippen MR) is 89.5 cm³/mol. The average molecular weight is 345 g/mol. The zero-order valence-corrected chi connectivity index (χ0v) is 14.5. The Morgan fingerprint density at radius 3 is 2.83 bits per heavy atom. The number of hydrogen-bond donors (Lipinski definition) is 1. The Morgan fingerprint density at radius 1 is 1.33 bits per heavy atom. The minimum Gasteiger partial charge on any atom is -0.349 e. The summed E-state index contributed by atoms with van der Waals surface area (Å²) in [7, 11) is 0. The molecule has 3 rings (SSSR count). The van der Waals surface area contributed by atoms with Gasteiger partial charge in [0.1, 0.15) is 11.7 Å². The Bertz CT molecular complexity index is 743. The number of aromatic nitrogens is 3. The first-order chi connectivity index (χ1) is 11.5. The molecule has 0 aromatic carbocycles. The third-order valence-corrected chi connectivity index (χ3v) is 4.75. The Hall–Kier alpha value is -2.35. The maximum Gasteiger partial charge on any atom is 0.274 e. The highest BCUT2D eigenvalue weighted by Gasteiger charge is 2.35. The maximum absolute atomic E-state index is 12.6. The van der Waals surface area contributed by atoms with Gasteiger partial charge in [-0.25, -0.2) is 9.97 Å². The zero-order chi connectivity index (χ0) is 17.1. The number of carbonyl (C=O) groups excluding carboxylic acids is 2. The molecule has 1 atom stereocenters. The summed E-state index contributed by atoms with van der Waals surface area (Å²) in [6.07, 6.45) is 4.48. The number of likely N-dealkylation sites (tertiary alicyclic amines) is 1. The molecule has 1 saturated heterocycles. The summed E-state index contributed by atoms with van der Waals surface area (Å²) >= 11 is 1.55. The molecule has 0 aliphatic carbocycles. The van der Waals surface area contributed by atoms with Gasteiger partial charge in [0.15, 0.2) is 0 Å². The number of amides is 2. The first-order valence-corrected chi connectivity index (χ1v) is 8.71. The van der Waals surface area contributed by atoms with Crippen molar-refractivity contribution in [3.63, 3.8) is 0 Å². The van der Waals surface area contributed by atoms with Crippen molar-refractivity contribution in [3.8, 4) is 0 Å². The Balaban J connectivity index is 1.64. The lowest BCUT2D eigenvalue weighted by atomic mass is 10.2. The zero-order valence-electron chi connectivity index (χ0n) is 13.7. The summed E-state index contributed by atoms with van der Waals surface area (Å²) in [6.45, 7) is 4.68. The Labute approximate surface area is 144 Å². The molecule has 8 heteroatoms. The molecule has 1 fully saturated rings. The predicted octanol–water partition coefficient (Wildman–Crippen LogP) is 1.47. The summed E-state index contributed by atoms with van der Waals surface area (Å²) in [6, 6.07) is -0.458. The number of carbonyl (C=O) groups is 2. The standard InChI is InChI=1S/C16H19N5O2S/c1-10-6-18-13(8-17-10)16(23)21-5-3-4-14(21)15(22)19-7-12-9-24-11(2)20-12/h6,8-9,14H,3-5,7H2,1-2H3,(H,19,22). The fraction of sp³-hybridized carbons (Fsp3) is 0.438. The minimum absolute atomic E-state index is 0.147. The van der Waals surface area contributed by atoms with E-state index in [1.165, 1.54) is 6.20 Å². The van der Waals surface area contributed by atoms with Gasteiger partial charge in [0, 0.05) is 18.1 Å². The maximum atomic E-state index is 12.6. The van der Waals surface area contributed by atoms with Crippen molar-refractivity contribution in [2.24, 2.45) is 0 Å². The lowest BCUT2D eigenvalue weighted by Crippen LogP contribution is -2.46. The van der Waals surface area contributed by atoms with Gasteiger partial charge in [-0.1, -0.05) is 0 Å². The summed E-state index contributed by atoms with van der Waals surface area (Å²) in [5.41, 5.74) is 1.86. The average Bonchev–Trinajstić information content (AvgIpc) is 3.21. The van der Waals surface area contributed by atoms with E-state index < -0.39 is 6.04 Å². The highest BCUT2D eigenvalue weighted by molar-refractivity contribution is 7.09. The van der Waals surface area contributed by atoms with E-state index in [1.54, 1.807) is 22.4 Å². The van der Waals surface area contributed by atoms with Gasteiger partial charge in [-0.05, 0) is 26.7 Å². The van der Waals surface area contributed by atoms with Crippen LogP contribution in [0.15, 0.2) is 17.8 Å². The molecule has 0 bridgehead atoms. The molecule has 2 aromatic rings. The number of nitrogens with one attached hydrogen (secondary N) is 1. The monoisotopic (exact) mass is 345 g/mol. The molecular weight excluding hydrogens is 326 g/mol. The molecule has 0 saturated carbocycles. The van der Waals surface area contributed by atoms with Crippen molar-refractivity contribution in [1.29, 1.82) is 0 Å². The van der Waals surface area contributed by atoms with Gasteiger partial charge >= 0.3 is 0 Å². The first kappa shape index (κ1) is 16.5. The van der Waals surface area contributed by atoms with Crippen molar-refractivity contribution < 1.29 is 9.59 Å². The van der Waals surface area contributed by atoms with E-state index in [0.29, 0.717) is 19.5 Å². The van der Waals surface area contributed by atoms with Crippen molar-refractivity contribution in [2.45, 2.75) is 39.3 Å². The SMILES string of the molecule is Cc1cnc(C(=O)N2CCCC2C(=O)NCc2csc(C)n2)cn1. The summed E-state index contributed by atoms with van der Waals surface area (Å²) in [5.74, 6) is -0.392. The second-order valence-electron chi connectivity index (χ2n) is 5.78. The molecule has 1 aliphatic heterocycles. The number of hydrogen-bond acceptors (Lipinski definition) is 6. The molecule has 3 heterocycles. The third-order valence-electron chi connectivity index (χ3n) is 3.93. The normalized spacial score (nSPS) is 17.1. The molecule has 1 aliphatic rings. The van der Waals surface area contributed by atoms with Crippen LogP contribution in [0.25, 0.3) is 0 Å². The number of rotatable bonds is 4. The minimum atomic E-state index is -0.458. The molecule has 1 unspecified atom stereocenters. The second kappa shape index (κ2) is 7.04. The van der Waals surface area contributed by atoms with E-state index in [0.717, 1.165) is 22.8 Å². The van der Waals surface area contributed by atoms with Gasteiger partial charge in [0.25, 0.3) is 5.91 Å². The Morgan fingerprint density at radius 2 is 2.17 bits per heavy atom. The van der Waals surface area contributed by atoms with Gasteiger partial charge in [0.05, 0.1) is 29.1 Å². The smallest absolute Gasteiger partial charge is 0.274 e. The largest absolute Gasteiger partial charge is 0.349 e. The van der Waals surface area contributed by atoms with Crippen LogP contribution in [0.3, 0.4) is 0 Å². The van der Waals surface area contributed by atoms with Crippen LogP contribution in [0.2, 0.25) is 0 Å². The van der Waals surface area contributed by atoms with E-state index in [-0.39, 0.29) is 17.5 Å². The van der Waals surface area contributed by atoms with Crippen molar-refractivity contribution in [3.05, 3.63) is 39.9 Å². The third kappa shape index (κ3) is 3.59. The lowest BCUT2D eigenvalue weighted by Gasteiger charge is -2.23. The molecule has 126 valence electrons. The van der Waals surface area contributed by atoms with Crippen LogP contribution in [-0.4, -0.2) is 44.3 Å². The number of aryl methyl sites for hydroxylation is 2. The van der Waals surface area contributed by atoms with Gasteiger partial charge in [-0.15, -0.1) is 11.3 Å². The van der Waals surface area contributed by atoms with Gasteiger partial charge in [-0.3, -0.25) is 14.6 Å². The van der Waals surface area contributed by atoms with Crippen LogP contribution in [-0.2, 0) is 11.3 Å². The van der Waals surface area contributed by atoms with Crippen molar-refractivity contribution in [2.75, 3.05) is 6.54 Å². The number of thiazole rings is 1. The molecule has 0 radical (unpaired) electrons. The summed E-state index contributed by atoms with van der Waals surface area (Å²) < 4.78 is 0. The molecule has 7 nitrogen and oxygen atoms in total. The second-order valence-corrected chi connectivity index (χ2v) is 6.84. The highest BCUT2D eigenvalue weighted by Crippen LogP contribution is 2.20. The van der Waals surface area contributed by atoms with E-state index in [2.05, 4.69) is 20.3 Å². The van der Waals surface area contributed by atoms with E-state index >= 15 is 0 Å². The molecular formula is C16H19N5O2S. The van der Waals surface area contributed by atoms with Gasteiger partial charge in [-0.2, -0.15) is 0 Å². The molecule has 24 heavy (non-hydrogen) atoms. The lowest BCUT2D eigenvalue weighted by molar-refractivity contribution is -0.125. The van der Waals surface area contributed by atoms with Crippen LogP contribution in [0.1, 0.15) is 39.7 Å². The van der Waals surface area contributed by atoms with E-state index in [4.69, 9.17) is 0 Å². The molecule has 2 amide bonds. The van der Waals surface area contributed by atoms with Crippen LogP contribution in [0.5, 0.6) is 0 Å². The van der Waals surface area contributed by atoms with Crippen LogP contribution in [0, 0.1) is 13.8 Å². The fourth-order valence-corrected chi connectivity index (χ4v) is 3.33. The van der Waals surface area contributed by atoms with Gasteiger partial charge in [0.2, 0.25) is 5.91 Å². The van der Waals surface area contributed by atoms with Crippen LogP contribution in [0.4, 0.5) is 0 Å². The molecule has 1 N–H and O–H groups in total. The van der Waals surface area contributed by atoms with Gasteiger partial charge < -0.3 is 10.2 Å². The summed E-state index contributed by atoms with van der Waals surface area (Å²) in [4.78, 5) is 39.2. The van der Waals surface area contributed by atoms with Crippen LogP contribution < -0.4 is 5.32 Å². The quantitative estimate of drug-likeness (QED) is 0.906. The topological polar surface area (TPSA) is 88.1 Å². The van der Waals surface area contributed by atoms with Crippen molar-refractivity contribution >= 4 is 23.2 Å². The Kier molecular flexibility index (Phi) is 4.84. The molecule has 0 spiro atoms. The molecule has 2 aromatic heterocycles. The highest BCUT2D eigenvalue weighted by atomic mass is 32.1. The number of nitrogens with zero attached hydrogens (tertiary/aromatic N) is 4.